The fourth-order valence-corrected chi connectivity index (χ4v) is 4.38. The Hall–Kier alpha value is -3.48. The van der Waals surface area contributed by atoms with Gasteiger partial charge in [-0.15, -0.1) is 0 Å². The van der Waals surface area contributed by atoms with Gasteiger partial charge in [0, 0.05) is 19.8 Å². The molecule has 0 unspecified atom stereocenters. The van der Waals surface area contributed by atoms with E-state index in [-0.39, 0.29) is 33.1 Å². The van der Waals surface area contributed by atoms with Crippen molar-refractivity contribution in [2.45, 2.75) is 0 Å². The van der Waals surface area contributed by atoms with E-state index in [1.54, 1.807) is 18.3 Å². The molecule has 0 aliphatic rings. The second-order valence-electron chi connectivity index (χ2n) is 6.88. The SMILES string of the molecule is CN(C)c1ccc(C=NCC(=O)Nc2ccc([Se]c3ccc([N+](=O)[O-])cc3)cc2)cc1. The number of benzene rings is 3. The van der Waals surface area contributed by atoms with Crippen molar-refractivity contribution < 1.29 is 9.72 Å². The quantitative estimate of drug-likeness (QED) is 0.232. The summed E-state index contributed by atoms with van der Waals surface area (Å²) in [5, 5.41) is 13.6. The Bertz CT molecular complexity index is 1060. The Morgan fingerprint density at radius 1 is 1.00 bits per heavy atom. The summed E-state index contributed by atoms with van der Waals surface area (Å²) in [6.07, 6.45) is 1.69. The monoisotopic (exact) mass is 482 g/mol. The Morgan fingerprint density at radius 2 is 1.58 bits per heavy atom. The second kappa shape index (κ2) is 10.5. The van der Waals surface area contributed by atoms with Gasteiger partial charge in [0.1, 0.15) is 0 Å². The summed E-state index contributed by atoms with van der Waals surface area (Å²) in [4.78, 5) is 28.7. The van der Waals surface area contributed by atoms with Gasteiger partial charge in [0.05, 0.1) is 0 Å². The number of anilines is 2. The van der Waals surface area contributed by atoms with Gasteiger partial charge < -0.3 is 4.90 Å². The van der Waals surface area contributed by atoms with Crippen LogP contribution in [0.4, 0.5) is 17.1 Å². The van der Waals surface area contributed by atoms with Gasteiger partial charge in [-0.1, -0.05) is 0 Å². The maximum atomic E-state index is 12.1. The van der Waals surface area contributed by atoms with E-state index in [0.29, 0.717) is 5.69 Å². The molecule has 1 N–H and O–H groups in total. The molecular formula is C23H22N4O3Se. The minimum absolute atomic E-state index is 0.0318. The molecule has 0 bridgehead atoms. The normalized spacial score (nSPS) is 10.8. The predicted molar refractivity (Wildman–Crippen MR) is 126 cm³/mol. The summed E-state index contributed by atoms with van der Waals surface area (Å²) in [6, 6.07) is 22.1. The first-order valence-electron chi connectivity index (χ1n) is 9.50. The molecule has 3 aromatic carbocycles. The molecule has 31 heavy (non-hydrogen) atoms. The number of hydrogen-bond acceptors (Lipinski definition) is 5. The number of rotatable bonds is 8. The van der Waals surface area contributed by atoms with Crippen LogP contribution in [0.15, 0.2) is 77.8 Å². The zero-order chi connectivity index (χ0) is 22.2. The number of carbonyl (C=O) groups is 1. The first kappa shape index (κ1) is 22.2. The molecule has 158 valence electrons. The Kier molecular flexibility index (Phi) is 7.54. The minimum atomic E-state index is -0.404. The third kappa shape index (κ3) is 6.77. The first-order chi connectivity index (χ1) is 14.9. The van der Waals surface area contributed by atoms with Gasteiger partial charge in [0.15, 0.2) is 0 Å². The summed E-state index contributed by atoms with van der Waals surface area (Å²) >= 11 is 0.0318. The summed E-state index contributed by atoms with van der Waals surface area (Å²) in [5.74, 6) is -0.185. The van der Waals surface area contributed by atoms with Crippen LogP contribution in [0, 0.1) is 10.1 Å². The number of nitrogens with one attached hydrogen (secondary N) is 1. The van der Waals surface area contributed by atoms with Crippen molar-refractivity contribution in [2.24, 2.45) is 4.99 Å². The summed E-state index contributed by atoms with van der Waals surface area (Å²) in [7, 11) is 3.97. The molecule has 3 aromatic rings. The average Bonchev–Trinajstić information content (AvgIpc) is 2.76. The molecule has 8 heteroatoms. The maximum absolute atomic E-state index is 12.1. The second-order valence-corrected chi connectivity index (χ2v) is 9.29. The Morgan fingerprint density at radius 3 is 2.13 bits per heavy atom. The van der Waals surface area contributed by atoms with Crippen LogP contribution < -0.4 is 19.1 Å². The molecule has 1 amide bonds. The number of nitrogens with zero attached hydrogens (tertiary/aromatic N) is 3. The van der Waals surface area contributed by atoms with Crippen molar-refractivity contribution in [2.75, 3.05) is 30.9 Å². The fraction of sp³-hybridized carbons (Fsp3) is 0.130. The van der Waals surface area contributed by atoms with Crippen LogP contribution in [-0.4, -0.2) is 52.6 Å². The van der Waals surface area contributed by atoms with Crippen molar-refractivity contribution in [1.82, 2.24) is 0 Å². The number of nitro groups is 1. The van der Waals surface area contributed by atoms with Crippen LogP contribution >= 0.6 is 0 Å². The van der Waals surface area contributed by atoms with Crippen molar-refractivity contribution >= 4 is 53.1 Å². The van der Waals surface area contributed by atoms with E-state index in [1.165, 1.54) is 12.1 Å². The van der Waals surface area contributed by atoms with Gasteiger partial charge in [-0.3, -0.25) is 0 Å². The van der Waals surface area contributed by atoms with Crippen molar-refractivity contribution in [3.8, 4) is 0 Å². The first-order valence-corrected chi connectivity index (χ1v) is 11.2. The zero-order valence-corrected chi connectivity index (χ0v) is 18.9. The number of nitro benzene ring substituents is 1. The molecule has 0 aliphatic carbocycles. The topological polar surface area (TPSA) is 87.8 Å². The number of aliphatic imine (C=N–C) groups is 1. The van der Waals surface area contributed by atoms with Crippen LogP contribution in [0.3, 0.4) is 0 Å². The van der Waals surface area contributed by atoms with Crippen molar-refractivity contribution in [1.29, 1.82) is 0 Å². The van der Waals surface area contributed by atoms with Crippen LogP contribution in [0.1, 0.15) is 5.56 Å². The number of hydrogen-bond donors (Lipinski definition) is 1. The Labute approximate surface area is 187 Å². The van der Waals surface area contributed by atoms with E-state index >= 15 is 0 Å². The van der Waals surface area contributed by atoms with Gasteiger partial charge in [-0.2, -0.15) is 0 Å². The van der Waals surface area contributed by atoms with E-state index in [4.69, 9.17) is 0 Å². The molecule has 0 fully saturated rings. The van der Waals surface area contributed by atoms with Crippen molar-refractivity contribution in [3.63, 3.8) is 0 Å². The van der Waals surface area contributed by atoms with E-state index in [0.717, 1.165) is 20.2 Å². The molecule has 0 saturated heterocycles. The van der Waals surface area contributed by atoms with Gasteiger partial charge >= 0.3 is 162 Å². The number of amides is 1. The predicted octanol–water partition coefficient (Wildman–Crippen LogP) is 2.37. The van der Waals surface area contributed by atoms with Crippen LogP contribution in [0.5, 0.6) is 0 Å². The number of carbonyl (C=O) groups excluding carboxylic acids is 1. The van der Waals surface area contributed by atoms with Gasteiger partial charge in [0.2, 0.25) is 0 Å². The summed E-state index contributed by atoms with van der Waals surface area (Å²) < 4.78 is 2.15. The van der Waals surface area contributed by atoms with E-state index in [2.05, 4.69) is 10.3 Å². The zero-order valence-electron chi connectivity index (χ0n) is 17.2. The molecule has 0 aromatic heterocycles. The van der Waals surface area contributed by atoms with Gasteiger partial charge in [-0.25, -0.2) is 0 Å². The van der Waals surface area contributed by atoms with Crippen LogP contribution in [-0.2, 0) is 4.79 Å². The molecule has 0 spiro atoms. The Balaban J connectivity index is 1.49. The molecule has 0 heterocycles. The number of non-ortho nitro benzene ring substituents is 1. The van der Waals surface area contributed by atoms with Crippen molar-refractivity contribution in [3.05, 3.63) is 88.5 Å². The fourth-order valence-electron chi connectivity index (χ4n) is 2.67. The molecule has 7 nitrogen and oxygen atoms in total. The van der Waals surface area contributed by atoms with E-state index < -0.39 is 4.92 Å². The molecule has 0 atom stereocenters. The van der Waals surface area contributed by atoms with E-state index in [1.807, 2.05) is 67.5 Å². The summed E-state index contributed by atoms with van der Waals surface area (Å²) in [5.41, 5.74) is 2.84. The molecule has 3 rings (SSSR count). The average molecular weight is 481 g/mol. The van der Waals surface area contributed by atoms with Gasteiger partial charge in [0.25, 0.3) is 0 Å². The molecule has 0 saturated carbocycles. The van der Waals surface area contributed by atoms with Gasteiger partial charge in [-0.05, 0) is 0 Å². The third-order valence-corrected chi connectivity index (χ3v) is 6.44. The summed E-state index contributed by atoms with van der Waals surface area (Å²) in [6.45, 7) is 0.0456. The standard InChI is InChI=1S/C23H22N4O3Se/c1-26(2)19-7-3-17(4-8-19)15-24-16-23(28)25-18-5-11-21(12-6-18)31-22-13-9-20(10-14-22)27(29)30/h3-15H,16H2,1-2H3,(H,25,28). The molecule has 0 radical (unpaired) electrons. The third-order valence-electron chi connectivity index (χ3n) is 4.31. The molecule has 0 aliphatic heterocycles. The van der Waals surface area contributed by atoms with Crippen LogP contribution in [0.2, 0.25) is 0 Å². The van der Waals surface area contributed by atoms with E-state index in [9.17, 15) is 14.9 Å². The molecular weight excluding hydrogens is 459 g/mol. The van der Waals surface area contributed by atoms with Crippen LogP contribution in [0.25, 0.3) is 0 Å².